The average molecular weight is 531 g/mol. The van der Waals surface area contributed by atoms with Crippen molar-refractivity contribution in [3.8, 4) is 0 Å². The van der Waals surface area contributed by atoms with E-state index < -0.39 is 41.2 Å². The number of carbonyl (C=O) groups is 1. The Hall–Kier alpha value is -2.79. The fraction of sp³-hybridized carbons (Fsp3) is 0.500. The number of alkyl carbamates (subject to hydrolysis) is 1. The normalized spacial score (nSPS) is 25.8. The minimum Gasteiger partial charge on any atom is -0.449 e. The topological polar surface area (TPSA) is 59.6 Å². The molecule has 0 aliphatic carbocycles. The second kappa shape index (κ2) is 10.5. The first kappa shape index (κ1) is 27.3. The number of ether oxygens (including phenoxy) is 2. The molecule has 202 valence electrons. The molecule has 0 bridgehead atoms. The van der Waals surface area contributed by atoms with Gasteiger partial charge in [0.2, 0.25) is 0 Å². The molecule has 1 unspecified atom stereocenters. The molecule has 0 spiro atoms. The van der Waals surface area contributed by atoms with Gasteiger partial charge in [0, 0.05) is 12.5 Å². The van der Waals surface area contributed by atoms with Crippen molar-refractivity contribution in [3.05, 3.63) is 70.8 Å². The summed E-state index contributed by atoms with van der Waals surface area (Å²) in [6.07, 6.45) is -9.30. The molecule has 4 rings (SSSR count). The van der Waals surface area contributed by atoms with Gasteiger partial charge in [0.25, 0.3) is 0 Å². The van der Waals surface area contributed by atoms with Gasteiger partial charge in [-0.1, -0.05) is 36.8 Å². The minimum absolute atomic E-state index is 0.00237. The number of hydrogen-bond donors (Lipinski definition) is 2. The largest absolute Gasteiger partial charge is 0.449 e. The van der Waals surface area contributed by atoms with E-state index in [1.807, 2.05) is 30.3 Å². The van der Waals surface area contributed by atoms with E-state index in [-0.39, 0.29) is 30.2 Å². The molecule has 2 aromatic rings. The second-order valence-corrected chi connectivity index (χ2v) is 9.62. The number of halogens is 6. The van der Waals surface area contributed by atoms with E-state index in [4.69, 9.17) is 9.47 Å². The van der Waals surface area contributed by atoms with Gasteiger partial charge in [0.15, 0.2) is 0 Å². The summed E-state index contributed by atoms with van der Waals surface area (Å²) < 4.78 is 91.2. The van der Waals surface area contributed by atoms with Crippen LogP contribution in [0.25, 0.3) is 0 Å². The van der Waals surface area contributed by atoms with Crippen LogP contribution in [0.4, 0.5) is 31.1 Å². The third-order valence-corrected chi connectivity index (χ3v) is 7.13. The molecule has 2 aromatic carbocycles. The summed E-state index contributed by atoms with van der Waals surface area (Å²) in [5.74, 6) is 0.129. The number of alkyl halides is 6. The molecule has 2 heterocycles. The van der Waals surface area contributed by atoms with E-state index >= 15 is 0 Å². The van der Waals surface area contributed by atoms with Crippen LogP contribution in [0.1, 0.15) is 54.5 Å². The molecule has 2 aliphatic heterocycles. The third-order valence-electron chi connectivity index (χ3n) is 7.13. The van der Waals surface area contributed by atoms with Crippen molar-refractivity contribution in [1.82, 2.24) is 10.6 Å². The van der Waals surface area contributed by atoms with E-state index in [9.17, 15) is 31.1 Å². The van der Waals surface area contributed by atoms with E-state index in [1.165, 1.54) is 6.92 Å². The maximum atomic E-state index is 13.3. The summed E-state index contributed by atoms with van der Waals surface area (Å²) in [5.41, 5.74) is -2.86. The van der Waals surface area contributed by atoms with Crippen molar-refractivity contribution in [3.63, 3.8) is 0 Å². The van der Waals surface area contributed by atoms with Gasteiger partial charge in [-0.3, -0.25) is 0 Å². The van der Waals surface area contributed by atoms with E-state index in [0.717, 1.165) is 18.4 Å². The second-order valence-electron chi connectivity index (χ2n) is 9.62. The molecule has 2 saturated heterocycles. The van der Waals surface area contributed by atoms with E-state index in [1.54, 1.807) is 0 Å². The quantitative estimate of drug-likeness (QED) is 0.453. The highest BCUT2D eigenvalue weighted by molar-refractivity contribution is 5.68. The molecule has 0 saturated carbocycles. The molecule has 2 fully saturated rings. The predicted octanol–water partition coefficient (Wildman–Crippen LogP) is 6.20. The maximum absolute atomic E-state index is 13.3. The number of cyclic esters (lactones) is 1. The molecule has 11 heteroatoms. The zero-order chi connectivity index (χ0) is 26.8. The van der Waals surface area contributed by atoms with Crippen LogP contribution in [0.3, 0.4) is 0 Å². The third kappa shape index (κ3) is 6.38. The SMILES string of the molecule is C[C@@H](OC[C@@]1(c2ccccc2)CCCC2COC(=O)N[C@@H]2CN1)c1cc(C(F)(F)F)cc(C(F)(F)F)c1. The number of carbonyl (C=O) groups excluding carboxylic acids is 1. The van der Waals surface area contributed by atoms with E-state index in [2.05, 4.69) is 10.6 Å². The van der Waals surface area contributed by atoms with Crippen molar-refractivity contribution < 1.29 is 40.6 Å². The summed E-state index contributed by atoms with van der Waals surface area (Å²) >= 11 is 0. The van der Waals surface area contributed by atoms with Crippen molar-refractivity contribution in [1.29, 1.82) is 0 Å². The lowest BCUT2D eigenvalue weighted by Crippen LogP contribution is -2.58. The van der Waals surface area contributed by atoms with Crippen LogP contribution in [-0.2, 0) is 27.4 Å². The highest BCUT2D eigenvalue weighted by Gasteiger charge is 2.40. The molecule has 37 heavy (non-hydrogen) atoms. The Morgan fingerprint density at radius 1 is 1.05 bits per heavy atom. The van der Waals surface area contributed by atoms with Crippen LogP contribution < -0.4 is 10.6 Å². The molecule has 2 N–H and O–H groups in total. The van der Waals surface area contributed by atoms with Crippen LogP contribution in [-0.4, -0.2) is 31.9 Å². The Morgan fingerprint density at radius 3 is 2.32 bits per heavy atom. The Kier molecular flexibility index (Phi) is 7.75. The first-order chi connectivity index (χ1) is 17.4. The Balaban J connectivity index is 1.60. The number of rotatable bonds is 5. The fourth-order valence-corrected chi connectivity index (χ4v) is 4.96. The molecule has 4 atom stereocenters. The molecule has 5 nitrogen and oxygen atoms in total. The summed E-state index contributed by atoms with van der Waals surface area (Å²) in [6, 6.07) is 10.7. The standard InChI is InChI=1S/C26H28F6N2O3/c1-16(18-10-20(25(27,28)29)12-21(11-18)26(30,31)32)37-15-24(19-7-3-2-4-8-19)9-5-6-17-14-36-23(35)34-22(17)13-33-24/h2-4,7-8,10-12,16-17,22,33H,5-6,9,13-15H2,1H3,(H,34,35)/t16-,17?,22-,24-/m1/s1. The number of nitrogens with one attached hydrogen (secondary N) is 2. The Morgan fingerprint density at radius 2 is 1.70 bits per heavy atom. The lowest BCUT2D eigenvalue weighted by molar-refractivity contribution is -0.143. The van der Waals surface area contributed by atoms with Crippen LogP contribution in [0.2, 0.25) is 0 Å². The van der Waals surface area contributed by atoms with Crippen LogP contribution in [0.5, 0.6) is 0 Å². The molecular weight excluding hydrogens is 502 g/mol. The Labute approximate surface area is 210 Å². The van der Waals surface area contributed by atoms with Gasteiger partial charge in [-0.05, 0) is 49.1 Å². The number of fused-ring (bicyclic) bond motifs is 1. The van der Waals surface area contributed by atoms with Gasteiger partial charge in [-0.2, -0.15) is 26.3 Å². The number of benzene rings is 2. The molecule has 0 aromatic heterocycles. The number of hydrogen-bond acceptors (Lipinski definition) is 4. The smallest absolute Gasteiger partial charge is 0.416 e. The maximum Gasteiger partial charge on any atom is 0.416 e. The van der Waals surface area contributed by atoms with Gasteiger partial charge in [0.05, 0.1) is 42.0 Å². The summed E-state index contributed by atoms with van der Waals surface area (Å²) in [5, 5.41) is 6.32. The van der Waals surface area contributed by atoms with Gasteiger partial charge < -0.3 is 20.1 Å². The average Bonchev–Trinajstić information content (AvgIpc) is 2.84. The van der Waals surface area contributed by atoms with Crippen molar-refractivity contribution in [2.45, 2.75) is 56.2 Å². The first-order valence-electron chi connectivity index (χ1n) is 12.0. The van der Waals surface area contributed by atoms with Gasteiger partial charge in [-0.25, -0.2) is 4.79 Å². The van der Waals surface area contributed by atoms with Crippen molar-refractivity contribution in [2.24, 2.45) is 5.92 Å². The number of amides is 1. The lowest BCUT2D eigenvalue weighted by Gasteiger charge is -2.42. The monoisotopic (exact) mass is 530 g/mol. The first-order valence-corrected chi connectivity index (χ1v) is 12.0. The molecule has 2 aliphatic rings. The minimum atomic E-state index is -4.94. The van der Waals surface area contributed by atoms with Gasteiger partial charge in [-0.15, -0.1) is 0 Å². The summed E-state index contributed by atoms with van der Waals surface area (Å²) in [7, 11) is 0. The fourth-order valence-electron chi connectivity index (χ4n) is 4.96. The molecule has 0 radical (unpaired) electrons. The molecule has 1 amide bonds. The van der Waals surface area contributed by atoms with Crippen LogP contribution in [0, 0.1) is 5.92 Å². The highest BCUT2D eigenvalue weighted by Crippen LogP contribution is 2.39. The highest BCUT2D eigenvalue weighted by atomic mass is 19.4. The lowest BCUT2D eigenvalue weighted by atomic mass is 9.80. The van der Waals surface area contributed by atoms with Crippen LogP contribution in [0.15, 0.2) is 48.5 Å². The zero-order valence-electron chi connectivity index (χ0n) is 20.1. The zero-order valence-corrected chi connectivity index (χ0v) is 20.1. The Bertz CT molecular complexity index is 1060. The van der Waals surface area contributed by atoms with Gasteiger partial charge in [0.1, 0.15) is 0 Å². The summed E-state index contributed by atoms with van der Waals surface area (Å²) in [4.78, 5) is 11.8. The van der Waals surface area contributed by atoms with Crippen molar-refractivity contribution >= 4 is 6.09 Å². The van der Waals surface area contributed by atoms with E-state index in [0.29, 0.717) is 31.7 Å². The van der Waals surface area contributed by atoms with Crippen molar-refractivity contribution in [2.75, 3.05) is 19.8 Å². The predicted molar refractivity (Wildman–Crippen MR) is 123 cm³/mol. The van der Waals surface area contributed by atoms with Crippen LogP contribution >= 0.6 is 0 Å². The molecular formula is C26H28F6N2O3. The summed E-state index contributed by atoms with van der Waals surface area (Å²) in [6.45, 7) is 2.15. The van der Waals surface area contributed by atoms with Gasteiger partial charge >= 0.3 is 18.4 Å².